The van der Waals surface area contributed by atoms with Crippen LogP contribution in [0.2, 0.25) is 0 Å². The molecule has 0 aliphatic carbocycles. The maximum Gasteiger partial charge on any atom is 0.420 e. The van der Waals surface area contributed by atoms with Crippen molar-refractivity contribution in [3.63, 3.8) is 0 Å². The van der Waals surface area contributed by atoms with Gasteiger partial charge in [-0.1, -0.05) is 0 Å². The number of aromatic nitrogens is 1. The third-order valence-electron chi connectivity index (χ3n) is 1.57. The van der Waals surface area contributed by atoms with Crippen molar-refractivity contribution < 1.29 is 14.3 Å². The average Bonchev–Trinajstić information content (AvgIpc) is 2.29. The predicted molar refractivity (Wildman–Crippen MR) is 59.2 cm³/mol. The number of nitrogens with two attached hydrogens (primary N) is 1. The molecule has 16 heavy (non-hydrogen) atoms. The van der Waals surface area contributed by atoms with E-state index in [1.165, 1.54) is 18.0 Å². The zero-order valence-corrected chi connectivity index (χ0v) is 9.41. The summed E-state index contributed by atoms with van der Waals surface area (Å²) in [6.45, 7) is -0.271. The molecule has 1 aromatic heterocycles. The Hall–Kier alpha value is -1.60. The molecular weight excluding hydrogens is 230 g/mol. The number of nitrogens with one attached hydrogen (secondary N) is 1. The first-order valence-corrected chi connectivity index (χ1v) is 5.60. The van der Waals surface area contributed by atoms with Crippen LogP contribution in [0.3, 0.4) is 0 Å². The first kappa shape index (κ1) is 12.5. The van der Waals surface area contributed by atoms with E-state index in [4.69, 9.17) is 10.5 Å². The SMILES string of the molecule is CSc1cccnc1OC(=O)NC(=O)CN. The molecule has 0 unspecified atom stereocenters. The van der Waals surface area contributed by atoms with E-state index < -0.39 is 12.0 Å². The van der Waals surface area contributed by atoms with Gasteiger partial charge < -0.3 is 10.5 Å². The van der Waals surface area contributed by atoms with E-state index in [9.17, 15) is 9.59 Å². The highest BCUT2D eigenvalue weighted by Gasteiger charge is 2.11. The van der Waals surface area contributed by atoms with Crippen molar-refractivity contribution in [2.75, 3.05) is 12.8 Å². The van der Waals surface area contributed by atoms with Crippen LogP contribution in [0.5, 0.6) is 5.88 Å². The maximum absolute atomic E-state index is 11.2. The molecule has 0 saturated heterocycles. The standard InChI is InChI=1S/C9H11N3O3S/c1-16-6-3-2-4-11-8(6)15-9(14)12-7(13)5-10/h2-4H,5,10H2,1H3,(H,12,13,14). The Kier molecular flexibility index (Phi) is 4.74. The molecular formula is C9H11N3O3S. The predicted octanol–water partition coefficient (Wildman–Crippen LogP) is 0.377. The number of imide groups is 1. The highest BCUT2D eigenvalue weighted by atomic mass is 32.2. The molecule has 0 atom stereocenters. The molecule has 3 N–H and O–H groups in total. The van der Waals surface area contributed by atoms with Crippen LogP contribution >= 0.6 is 11.8 Å². The van der Waals surface area contributed by atoms with Crippen molar-refractivity contribution in [1.82, 2.24) is 10.3 Å². The first-order chi connectivity index (χ1) is 7.67. The summed E-state index contributed by atoms with van der Waals surface area (Å²) in [4.78, 5) is 26.6. The van der Waals surface area contributed by atoms with E-state index in [1.54, 1.807) is 12.1 Å². The van der Waals surface area contributed by atoms with Gasteiger partial charge in [-0.15, -0.1) is 11.8 Å². The molecule has 0 bridgehead atoms. The summed E-state index contributed by atoms with van der Waals surface area (Å²) < 4.78 is 4.85. The Bertz CT molecular complexity index is 397. The molecule has 0 aliphatic heterocycles. The monoisotopic (exact) mass is 241 g/mol. The molecule has 86 valence electrons. The summed E-state index contributed by atoms with van der Waals surface area (Å²) in [6, 6.07) is 3.48. The molecule has 7 heteroatoms. The third-order valence-corrected chi connectivity index (χ3v) is 2.32. The van der Waals surface area contributed by atoms with Crippen molar-refractivity contribution in [3.8, 4) is 5.88 Å². The summed E-state index contributed by atoms with van der Waals surface area (Å²) in [7, 11) is 0. The maximum atomic E-state index is 11.2. The number of carbonyl (C=O) groups excluding carboxylic acids is 2. The van der Waals surface area contributed by atoms with Gasteiger partial charge in [0.25, 0.3) is 0 Å². The Balaban J connectivity index is 2.65. The van der Waals surface area contributed by atoms with Gasteiger partial charge in [0.1, 0.15) is 0 Å². The number of nitrogens with zero attached hydrogens (tertiary/aromatic N) is 1. The molecule has 0 aliphatic rings. The van der Waals surface area contributed by atoms with Crippen LogP contribution in [0.1, 0.15) is 0 Å². The largest absolute Gasteiger partial charge is 0.420 e. The van der Waals surface area contributed by atoms with Gasteiger partial charge in [-0.05, 0) is 18.4 Å². The number of thioether (sulfide) groups is 1. The summed E-state index contributed by atoms with van der Waals surface area (Å²) >= 11 is 1.38. The highest BCUT2D eigenvalue weighted by molar-refractivity contribution is 7.98. The molecule has 0 aromatic carbocycles. The Morgan fingerprint density at radius 1 is 1.62 bits per heavy atom. The molecule has 6 nitrogen and oxygen atoms in total. The summed E-state index contributed by atoms with van der Waals surface area (Å²) in [5.74, 6) is -0.441. The lowest BCUT2D eigenvalue weighted by atomic mass is 10.5. The van der Waals surface area contributed by atoms with Crippen LogP contribution < -0.4 is 15.8 Å². The van der Waals surface area contributed by atoms with Gasteiger partial charge in [0.15, 0.2) is 0 Å². The van der Waals surface area contributed by atoms with E-state index in [0.717, 1.165) is 0 Å². The fourth-order valence-corrected chi connectivity index (χ4v) is 1.37. The topological polar surface area (TPSA) is 94.3 Å². The number of carbonyl (C=O) groups is 2. The Morgan fingerprint density at radius 3 is 3.00 bits per heavy atom. The van der Waals surface area contributed by atoms with E-state index in [0.29, 0.717) is 4.90 Å². The van der Waals surface area contributed by atoms with Crippen LogP contribution in [0.4, 0.5) is 4.79 Å². The van der Waals surface area contributed by atoms with Gasteiger partial charge >= 0.3 is 6.09 Å². The van der Waals surface area contributed by atoms with Crippen molar-refractivity contribution in [1.29, 1.82) is 0 Å². The number of amides is 2. The number of rotatable bonds is 3. The quantitative estimate of drug-likeness (QED) is 0.743. The molecule has 0 fully saturated rings. The van der Waals surface area contributed by atoms with Gasteiger partial charge in [0, 0.05) is 6.20 Å². The van der Waals surface area contributed by atoms with Crippen molar-refractivity contribution >= 4 is 23.8 Å². The van der Waals surface area contributed by atoms with E-state index >= 15 is 0 Å². The molecule has 1 heterocycles. The van der Waals surface area contributed by atoms with Crippen LogP contribution in [-0.4, -0.2) is 29.8 Å². The minimum Gasteiger partial charge on any atom is -0.390 e. The van der Waals surface area contributed by atoms with E-state index in [2.05, 4.69) is 4.98 Å². The van der Waals surface area contributed by atoms with E-state index in [-0.39, 0.29) is 12.4 Å². The van der Waals surface area contributed by atoms with E-state index in [1.807, 2.05) is 11.6 Å². The van der Waals surface area contributed by atoms with Crippen LogP contribution in [0.25, 0.3) is 0 Å². The zero-order valence-electron chi connectivity index (χ0n) is 8.60. The lowest BCUT2D eigenvalue weighted by Gasteiger charge is -2.06. The Labute approximate surface area is 96.6 Å². The summed E-state index contributed by atoms with van der Waals surface area (Å²) in [5.41, 5.74) is 5.03. The molecule has 0 spiro atoms. The van der Waals surface area contributed by atoms with Crippen LogP contribution in [0.15, 0.2) is 23.2 Å². The molecule has 1 rings (SSSR count). The number of ether oxygens (including phenoxy) is 1. The number of hydrogen-bond acceptors (Lipinski definition) is 6. The summed E-state index contributed by atoms with van der Waals surface area (Å²) in [5, 5.41) is 1.96. The van der Waals surface area contributed by atoms with Gasteiger partial charge in [0.2, 0.25) is 11.8 Å². The second kappa shape index (κ2) is 6.09. The molecule has 1 aromatic rings. The third kappa shape index (κ3) is 3.52. The van der Waals surface area contributed by atoms with Crippen molar-refractivity contribution in [3.05, 3.63) is 18.3 Å². The molecule has 0 radical (unpaired) electrons. The van der Waals surface area contributed by atoms with Crippen LogP contribution in [-0.2, 0) is 4.79 Å². The molecule has 2 amide bonds. The average molecular weight is 241 g/mol. The second-order valence-electron chi connectivity index (χ2n) is 2.65. The van der Waals surface area contributed by atoms with Gasteiger partial charge in [0.05, 0.1) is 11.4 Å². The second-order valence-corrected chi connectivity index (χ2v) is 3.50. The minimum absolute atomic E-state index is 0.164. The van der Waals surface area contributed by atoms with Gasteiger partial charge in [-0.3, -0.25) is 10.1 Å². The number of pyridine rings is 1. The fraction of sp³-hybridized carbons (Fsp3) is 0.222. The zero-order chi connectivity index (χ0) is 12.0. The smallest absolute Gasteiger partial charge is 0.390 e. The minimum atomic E-state index is -0.885. The summed E-state index contributed by atoms with van der Waals surface area (Å²) in [6.07, 6.45) is 2.43. The lowest BCUT2D eigenvalue weighted by Crippen LogP contribution is -2.37. The highest BCUT2D eigenvalue weighted by Crippen LogP contribution is 2.24. The fourth-order valence-electron chi connectivity index (χ4n) is 0.886. The van der Waals surface area contributed by atoms with Crippen molar-refractivity contribution in [2.24, 2.45) is 5.73 Å². The lowest BCUT2D eigenvalue weighted by molar-refractivity contribution is -0.118. The Morgan fingerprint density at radius 2 is 2.38 bits per heavy atom. The van der Waals surface area contributed by atoms with Gasteiger partial charge in [-0.25, -0.2) is 9.78 Å². The first-order valence-electron chi connectivity index (χ1n) is 4.38. The number of hydrogen-bond donors (Lipinski definition) is 2. The molecule has 0 saturated carbocycles. The normalized spacial score (nSPS) is 9.62. The van der Waals surface area contributed by atoms with Gasteiger partial charge in [-0.2, -0.15) is 0 Å². The van der Waals surface area contributed by atoms with Crippen LogP contribution in [0, 0.1) is 0 Å². The van der Waals surface area contributed by atoms with Crippen molar-refractivity contribution in [2.45, 2.75) is 4.90 Å².